The summed E-state index contributed by atoms with van der Waals surface area (Å²) in [5.74, 6) is 1.57. The van der Waals surface area contributed by atoms with Gasteiger partial charge in [-0.3, -0.25) is 0 Å². The number of hydrogen-bond acceptors (Lipinski definition) is 6. The maximum Gasteiger partial charge on any atom is 0.166 e. The lowest BCUT2D eigenvalue weighted by Gasteiger charge is -2.10. The highest BCUT2D eigenvalue weighted by atomic mass is 35.5. The summed E-state index contributed by atoms with van der Waals surface area (Å²) >= 11 is 54.3. The Hall–Kier alpha value is -3.31. The SMILES string of the molecule is Clc1ccc(Cl)c2c1C1=NC2=NC2N/C(=N\c3[nH]c(c4c(Cl)ccc(Cl)c34)N=c3[nH]c(c4c(Cl)ccc(Cl)c34)=N1)c1c(Cl)ccc(Cl)c12. The van der Waals surface area contributed by atoms with Gasteiger partial charge < -0.3 is 15.3 Å². The number of nitrogens with one attached hydrogen (secondary N) is 3. The molecule has 0 radical (unpaired) electrons. The van der Waals surface area contributed by atoms with Crippen molar-refractivity contribution >= 4 is 143 Å². The van der Waals surface area contributed by atoms with E-state index < -0.39 is 6.17 Å². The molecule has 6 aromatic rings. The van der Waals surface area contributed by atoms with Crippen molar-refractivity contribution in [2.45, 2.75) is 6.17 Å². The van der Waals surface area contributed by atoms with E-state index in [1.54, 1.807) is 48.5 Å². The van der Waals surface area contributed by atoms with E-state index in [9.17, 15) is 0 Å². The van der Waals surface area contributed by atoms with Gasteiger partial charge in [0.2, 0.25) is 0 Å². The van der Waals surface area contributed by atoms with Crippen LogP contribution in [-0.4, -0.2) is 27.5 Å². The fourth-order valence-electron chi connectivity index (χ4n) is 6.20. The average molecular weight is 792 g/mol. The zero-order valence-electron chi connectivity index (χ0n) is 23.5. The molecule has 5 heterocycles. The van der Waals surface area contributed by atoms with Crippen LogP contribution in [0.25, 0.3) is 21.5 Å². The Balaban J connectivity index is 1.48. The fraction of sp³-hybridized carbons (Fsp3) is 0.0312. The van der Waals surface area contributed by atoms with Crippen LogP contribution in [0.1, 0.15) is 28.4 Å². The Kier molecular flexibility index (Phi) is 7.11. The zero-order chi connectivity index (χ0) is 33.2. The first kappa shape index (κ1) is 30.7. The second-order valence-corrected chi connectivity index (χ2v) is 14.2. The summed E-state index contributed by atoms with van der Waals surface area (Å²) in [6, 6.07) is 13.4. The number of fused-ring (bicyclic) bond motifs is 19. The molecule has 236 valence electrons. The molecule has 0 aliphatic carbocycles. The number of aromatic amines is 2. The smallest absolute Gasteiger partial charge is 0.166 e. The monoisotopic (exact) mass is 788 g/mol. The van der Waals surface area contributed by atoms with Crippen LogP contribution in [0, 0.1) is 0 Å². The summed E-state index contributed by atoms with van der Waals surface area (Å²) < 4.78 is 0. The number of amidine groups is 3. The highest BCUT2D eigenvalue weighted by molar-refractivity contribution is 6.44. The molecule has 0 spiro atoms. The van der Waals surface area contributed by atoms with E-state index in [4.69, 9.17) is 118 Å². The molecule has 8 bridgehead atoms. The van der Waals surface area contributed by atoms with Crippen LogP contribution in [0.15, 0.2) is 73.5 Å². The first-order valence-corrected chi connectivity index (χ1v) is 17.0. The minimum absolute atomic E-state index is 0.237. The van der Waals surface area contributed by atoms with E-state index in [-0.39, 0.29) is 11.7 Å². The summed E-state index contributed by atoms with van der Waals surface area (Å²) in [7, 11) is 0. The predicted molar refractivity (Wildman–Crippen MR) is 197 cm³/mol. The highest BCUT2D eigenvalue weighted by Crippen LogP contribution is 2.45. The van der Waals surface area contributed by atoms with Gasteiger partial charge in [-0.2, -0.15) is 0 Å². The van der Waals surface area contributed by atoms with E-state index in [1.165, 1.54) is 0 Å². The molecule has 9 rings (SSSR count). The van der Waals surface area contributed by atoms with Crippen LogP contribution in [0.2, 0.25) is 40.2 Å². The lowest BCUT2D eigenvalue weighted by molar-refractivity contribution is 0.711. The molecule has 0 fully saturated rings. The van der Waals surface area contributed by atoms with Crippen molar-refractivity contribution in [1.29, 1.82) is 0 Å². The van der Waals surface area contributed by atoms with E-state index in [2.05, 4.69) is 15.3 Å². The quantitative estimate of drug-likeness (QED) is 0.140. The number of rotatable bonds is 0. The van der Waals surface area contributed by atoms with Gasteiger partial charge in [-0.25, -0.2) is 25.0 Å². The third-order valence-corrected chi connectivity index (χ3v) is 10.8. The van der Waals surface area contributed by atoms with Crippen LogP contribution in [0.4, 0.5) is 11.6 Å². The van der Waals surface area contributed by atoms with Crippen LogP contribution in [-0.2, 0) is 0 Å². The molecular formula is C32H12Cl8N8. The number of benzene rings is 4. The largest absolute Gasteiger partial charge is 0.344 e. The number of aliphatic imine (C=N–C) groups is 3. The molecular weight excluding hydrogens is 780 g/mol. The van der Waals surface area contributed by atoms with Crippen LogP contribution in [0.5, 0.6) is 0 Å². The van der Waals surface area contributed by atoms with Crippen molar-refractivity contribution in [2.75, 3.05) is 0 Å². The van der Waals surface area contributed by atoms with Crippen molar-refractivity contribution in [3.05, 3.63) is 122 Å². The average Bonchev–Trinajstić information content (AvgIpc) is 3.80. The van der Waals surface area contributed by atoms with Gasteiger partial charge in [0, 0.05) is 37.7 Å². The summed E-state index contributed by atoms with van der Waals surface area (Å²) in [5.41, 5.74) is 2.77. The summed E-state index contributed by atoms with van der Waals surface area (Å²) in [5, 5.41) is 8.52. The Morgan fingerprint density at radius 2 is 0.917 bits per heavy atom. The Morgan fingerprint density at radius 1 is 0.438 bits per heavy atom. The molecule has 3 aliphatic heterocycles. The maximum absolute atomic E-state index is 6.80. The summed E-state index contributed by atoms with van der Waals surface area (Å²) in [4.78, 5) is 31.3. The van der Waals surface area contributed by atoms with Crippen LogP contribution >= 0.6 is 92.8 Å². The van der Waals surface area contributed by atoms with Gasteiger partial charge in [0.25, 0.3) is 0 Å². The van der Waals surface area contributed by atoms with Crippen molar-refractivity contribution in [2.24, 2.45) is 25.0 Å². The van der Waals surface area contributed by atoms with E-state index >= 15 is 0 Å². The van der Waals surface area contributed by atoms with Crippen molar-refractivity contribution in [3.8, 4) is 0 Å². The van der Waals surface area contributed by atoms with Gasteiger partial charge >= 0.3 is 0 Å². The Bertz CT molecular complexity index is 2710. The van der Waals surface area contributed by atoms with Gasteiger partial charge in [-0.1, -0.05) is 92.8 Å². The van der Waals surface area contributed by atoms with Gasteiger partial charge in [0.15, 0.2) is 17.8 Å². The van der Waals surface area contributed by atoms with E-state index in [0.717, 1.165) is 0 Å². The number of hydrogen-bond donors (Lipinski definition) is 3. The van der Waals surface area contributed by atoms with Crippen molar-refractivity contribution in [1.82, 2.24) is 15.3 Å². The second kappa shape index (κ2) is 11.1. The van der Waals surface area contributed by atoms with E-state index in [1.807, 2.05) is 0 Å². The standard InChI is InChI=1S/C32H12Cl8N8/c33-9-1-2-10(34)18-17(9)25-41-26(18)46-28-21-13(37)5-6-14(38)22(21)30(43-28)48-32-24-16(40)8-7-15(39)23(24)31(44-32)47-29-20-12(36)4-3-11(35)19(20)27(42-29)45-25/h1-8,25,43H,(H,41,46)(H,42,44,45,47,48). The van der Waals surface area contributed by atoms with Gasteiger partial charge in [-0.15, -0.1) is 0 Å². The van der Waals surface area contributed by atoms with Crippen molar-refractivity contribution in [3.63, 3.8) is 0 Å². The lowest BCUT2D eigenvalue weighted by Crippen LogP contribution is -2.20. The number of H-pyrrole nitrogens is 2. The number of halogens is 8. The molecule has 0 saturated heterocycles. The van der Waals surface area contributed by atoms with Crippen molar-refractivity contribution < 1.29 is 0 Å². The summed E-state index contributed by atoms with van der Waals surface area (Å²) in [6.45, 7) is 0. The number of aromatic nitrogens is 2. The molecule has 8 nitrogen and oxygen atoms in total. The molecule has 48 heavy (non-hydrogen) atoms. The number of nitrogens with zero attached hydrogens (tertiary/aromatic N) is 5. The highest BCUT2D eigenvalue weighted by Gasteiger charge is 2.35. The third-order valence-electron chi connectivity index (χ3n) is 8.23. The molecule has 0 saturated carbocycles. The lowest BCUT2D eigenvalue weighted by atomic mass is 10.1. The third kappa shape index (κ3) is 4.48. The molecule has 1 unspecified atom stereocenters. The predicted octanol–water partition coefficient (Wildman–Crippen LogP) is 10.3. The Labute approximate surface area is 309 Å². The topological polar surface area (TPSA) is 105 Å². The zero-order valence-corrected chi connectivity index (χ0v) is 29.5. The Morgan fingerprint density at radius 3 is 1.54 bits per heavy atom. The van der Waals surface area contributed by atoms with Crippen LogP contribution in [0.3, 0.4) is 0 Å². The first-order chi connectivity index (χ1) is 23.1. The normalized spacial score (nSPS) is 17.2. The molecule has 16 heteroatoms. The molecule has 2 aromatic heterocycles. The van der Waals surface area contributed by atoms with Gasteiger partial charge in [0.1, 0.15) is 28.4 Å². The first-order valence-electron chi connectivity index (χ1n) is 14.0. The minimum Gasteiger partial charge on any atom is -0.344 e. The molecule has 3 N–H and O–H groups in total. The molecule has 1 atom stereocenters. The summed E-state index contributed by atoms with van der Waals surface area (Å²) in [6.07, 6.45) is -0.783. The maximum atomic E-state index is 6.80. The van der Waals surface area contributed by atoms with E-state index in [0.29, 0.717) is 112 Å². The minimum atomic E-state index is -0.783. The van der Waals surface area contributed by atoms with Gasteiger partial charge in [0.05, 0.1) is 46.3 Å². The molecule has 0 amide bonds. The van der Waals surface area contributed by atoms with Crippen LogP contribution < -0.4 is 16.3 Å². The molecule has 4 aromatic carbocycles. The second-order valence-electron chi connectivity index (χ2n) is 10.9. The molecule has 3 aliphatic rings. The fourth-order valence-corrected chi connectivity index (χ4v) is 8.19. The van der Waals surface area contributed by atoms with Gasteiger partial charge in [-0.05, 0) is 48.5 Å².